The third-order valence-electron chi connectivity index (χ3n) is 4.60. The maximum atomic E-state index is 13.2. The van der Waals surface area contributed by atoms with Crippen LogP contribution >= 0.6 is 34.7 Å². The summed E-state index contributed by atoms with van der Waals surface area (Å²) in [5, 5.41) is 1.21. The van der Waals surface area contributed by atoms with Crippen LogP contribution in [0.1, 0.15) is 18.4 Å². The van der Waals surface area contributed by atoms with Gasteiger partial charge in [-0.25, -0.2) is 9.37 Å². The van der Waals surface area contributed by atoms with E-state index in [2.05, 4.69) is 9.97 Å². The van der Waals surface area contributed by atoms with E-state index in [0.29, 0.717) is 35.1 Å². The van der Waals surface area contributed by atoms with Gasteiger partial charge in [-0.3, -0.25) is 14.7 Å². The Bertz CT molecular complexity index is 1170. The molecule has 2 heterocycles. The summed E-state index contributed by atoms with van der Waals surface area (Å²) in [6.07, 6.45) is 4.53. The molecule has 0 fully saturated rings. The largest absolute Gasteiger partial charge is 0.284 e. The van der Waals surface area contributed by atoms with Crippen molar-refractivity contribution in [1.29, 1.82) is 0 Å². The van der Waals surface area contributed by atoms with E-state index < -0.39 is 0 Å². The molecule has 0 spiro atoms. The van der Waals surface area contributed by atoms with E-state index in [-0.39, 0.29) is 11.7 Å². The molecule has 0 saturated heterocycles. The number of benzene rings is 2. The van der Waals surface area contributed by atoms with E-state index in [1.165, 1.54) is 23.5 Å². The van der Waals surface area contributed by atoms with Crippen molar-refractivity contribution in [1.82, 2.24) is 9.97 Å². The quantitative estimate of drug-likeness (QED) is 0.215. The number of amides is 1. The lowest BCUT2D eigenvalue weighted by Crippen LogP contribution is -2.30. The molecule has 2 aromatic carbocycles. The van der Waals surface area contributed by atoms with E-state index in [1.807, 2.05) is 24.3 Å². The number of fused-ring (bicyclic) bond motifs is 1. The third-order valence-corrected chi connectivity index (χ3v) is 7.04. The van der Waals surface area contributed by atoms with Gasteiger partial charge in [0.1, 0.15) is 11.3 Å². The van der Waals surface area contributed by atoms with Crippen molar-refractivity contribution in [3.63, 3.8) is 0 Å². The maximum Gasteiger partial charge on any atom is 0.229 e. The van der Waals surface area contributed by atoms with E-state index in [1.54, 1.807) is 47.3 Å². The zero-order valence-electron chi connectivity index (χ0n) is 16.5. The van der Waals surface area contributed by atoms with Gasteiger partial charge >= 0.3 is 0 Å². The van der Waals surface area contributed by atoms with Crippen molar-refractivity contribution in [2.24, 2.45) is 0 Å². The lowest BCUT2D eigenvalue weighted by molar-refractivity contribution is -0.118. The number of rotatable bonds is 8. The normalized spacial score (nSPS) is 11.0. The third kappa shape index (κ3) is 5.61. The summed E-state index contributed by atoms with van der Waals surface area (Å²) in [6, 6.07) is 15.8. The first-order valence-electron chi connectivity index (χ1n) is 9.73. The van der Waals surface area contributed by atoms with Crippen LogP contribution in [-0.4, -0.2) is 21.6 Å². The van der Waals surface area contributed by atoms with Crippen molar-refractivity contribution in [2.75, 3.05) is 10.7 Å². The van der Waals surface area contributed by atoms with Gasteiger partial charge in [-0.05, 0) is 66.3 Å². The number of hydrogen-bond acceptors (Lipinski definition) is 5. The highest BCUT2D eigenvalue weighted by molar-refractivity contribution is 7.99. The summed E-state index contributed by atoms with van der Waals surface area (Å²) < 4.78 is 14.0. The van der Waals surface area contributed by atoms with Crippen molar-refractivity contribution in [3.05, 3.63) is 83.4 Å². The predicted octanol–water partition coefficient (Wildman–Crippen LogP) is 6.59. The molecule has 8 heteroatoms. The number of thioether (sulfide) groups is 1. The van der Waals surface area contributed by atoms with E-state index in [9.17, 15) is 9.18 Å². The second-order valence-corrected chi connectivity index (χ2v) is 9.41. The summed E-state index contributed by atoms with van der Waals surface area (Å²) in [4.78, 5) is 24.6. The molecule has 0 radical (unpaired) electrons. The minimum absolute atomic E-state index is 0.00620. The lowest BCUT2D eigenvalue weighted by atomic mass is 10.2. The van der Waals surface area contributed by atoms with Gasteiger partial charge in [0.25, 0.3) is 0 Å². The lowest BCUT2D eigenvalue weighted by Gasteiger charge is -2.20. The smallest absolute Gasteiger partial charge is 0.229 e. The number of nitrogens with zero attached hydrogens (tertiary/aromatic N) is 3. The van der Waals surface area contributed by atoms with Crippen LogP contribution < -0.4 is 4.90 Å². The molecule has 0 atom stereocenters. The standard InChI is InChI=1S/C23H19ClFN3OS2/c24-19-3-1-4-20-22(19)27-23(31-20)28(15-16-10-12-26-13-11-16)21(29)5-2-14-30-18-8-6-17(25)7-9-18/h1,3-4,6-13H,2,5,14-15H2. The number of carbonyl (C=O) groups is 1. The van der Waals surface area contributed by atoms with Gasteiger partial charge in [0.2, 0.25) is 5.91 Å². The molecule has 0 unspecified atom stereocenters. The molecule has 0 bridgehead atoms. The van der Waals surface area contributed by atoms with Gasteiger partial charge in [0.05, 0.1) is 16.3 Å². The number of halogens is 2. The molecule has 0 aliphatic carbocycles. The average Bonchev–Trinajstić information content (AvgIpc) is 3.22. The second-order valence-electron chi connectivity index (χ2n) is 6.82. The Hall–Kier alpha value is -2.48. The van der Waals surface area contributed by atoms with E-state index >= 15 is 0 Å². The van der Waals surface area contributed by atoms with Crippen LogP contribution in [0.25, 0.3) is 10.2 Å². The number of thiazole rings is 1. The van der Waals surface area contributed by atoms with E-state index in [4.69, 9.17) is 11.6 Å². The molecular formula is C23H19ClFN3OS2. The second kappa shape index (κ2) is 10.2. The number of carbonyl (C=O) groups excluding carboxylic acids is 1. The molecule has 0 aliphatic heterocycles. The number of hydrogen-bond donors (Lipinski definition) is 0. The average molecular weight is 472 g/mol. The Kier molecular flexibility index (Phi) is 7.17. The first-order chi connectivity index (χ1) is 15.1. The zero-order valence-corrected chi connectivity index (χ0v) is 18.9. The fourth-order valence-electron chi connectivity index (χ4n) is 3.03. The van der Waals surface area contributed by atoms with Crippen molar-refractivity contribution in [3.8, 4) is 0 Å². The molecule has 31 heavy (non-hydrogen) atoms. The van der Waals surface area contributed by atoms with Crippen molar-refractivity contribution >= 4 is 56.0 Å². The van der Waals surface area contributed by atoms with Crippen molar-refractivity contribution in [2.45, 2.75) is 24.3 Å². The molecule has 0 saturated carbocycles. The summed E-state index contributed by atoms with van der Waals surface area (Å²) >= 11 is 9.36. The molecule has 4 nitrogen and oxygen atoms in total. The Balaban J connectivity index is 1.47. The molecule has 2 aromatic heterocycles. The SMILES string of the molecule is O=C(CCCSc1ccc(F)cc1)N(Cc1ccncc1)c1nc2c(Cl)cccc2s1. The number of anilines is 1. The Morgan fingerprint density at radius 3 is 2.61 bits per heavy atom. The summed E-state index contributed by atoms with van der Waals surface area (Å²) in [5.41, 5.74) is 1.69. The van der Waals surface area contributed by atoms with Gasteiger partial charge in [-0.1, -0.05) is 29.0 Å². The van der Waals surface area contributed by atoms with Gasteiger partial charge in [0.15, 0.2) is 5.13 Å². The van der Waals surface area contributed by atoms with Crippen LogP contribution in [0.3, 0.4) is 0 Å². The number of aromatic nitrogens is 2. The summed E-state index contributed by atoms with van der Waals surface area (Å²) in [6.45, 7) is 0.421. The van der Waals surface area contributed by atoms with Crippen molar-refractivity contribution < 1.29 is 9.18 Å². The molecule has 0 N–H and O–H groups in total. The molecule has 0 aliphatic rings. The predicted molar refractivity (Wildman–Crippen MR) is 126 cm³/mol. The first-order valence-corrected chi connectivity index (χ1v) is 11.9. The Morgan fingerprint density at radius 1 is 1.10 bits per heavy atom. The fourth-order valence-corrected chi connectivity index (χ4v) is 5.17. The highest BCUT2D eigenvalue weighted by Crippen LogP contribution is 2.34. The highest BCUT2D eigenvalue weighted by Gasteiger charge is 2.20. The van der Waals surface area contributed by atoms with Crippen LogP contribution in [0.15, 0.2) is 71.9 Å². The van der Waals surface area contributed by atoms with Crippen LogP contribution in [0.2, 0.25) is 5.02 Å². The van der Waals surface area contributed by atoms with Gasteiger partial charge < -0.3 is 0 Å². The molecular weight excluding hydrogens is 453 g/mol. The minimum Gasteiger partial charge on any atom is -0.284 e. The molecule has 4 aromatic rings. The van der Waals surface area contributed by atoms with Gasteiger partial charge in [-0.2, -0.15) is 0 Å². The molecule has 4 rings (SSSR count). The van der Waals surface area contributed by atoms with Crippen LogP contribution in [0.5, 0.6) is 0 Å². The zero-order chi connectivity index (χ0) is 21.6. The molecule has 158 valence electrons. The van der Waals surface area contributed by atoms with Gasteiger partial charge in [-0.15, -0.1) is 11.8 Å². The summed E-state index contributed by atoms with van der Waals surface area (Å²) in [5.74, 6) is 0.528. The van der Waals surface area contributed by atoms with Crippen LogP contribution in [0.4, 0.5) is 9.52 Å². The molecule has 1 amide bonds. The maximum absolute atomic E-state index is 13.2. The van der Waals surface area contributed by atoms with E-state index in [0.717, 1.165) is 20.9 Å². The van der Waals surface area contributed by atoms with Gasteiger partial charge in [0, 0.05) is 23.7 Å². The summed E-state index contributed by atoms with van der Waals surface area (Å²) in [7, 11) is 0. The van der Waals surface area contributed by atoms with Crippen LogP contribution in [-0.2, 0) is 11.3 Å². The number of pyridine rings is 1. The highest BCUT2D eigenvalue weighted by atomic mass is 35.5. The monoisotopic (exact) mass is 471 g/mol. The topological polar surface area (TPSA) is 46.1 Å². The Labute approximate surface area is 193 Å². The minimum atomic E-state index is -0.248. The first kappa shape index (κ1) is 21.7. The number of para-hydroxylation sites is 1. The van der Waals surface area contributed by atoms with Crippen LogP contribution in [0, 0.1) is 5.82 Å². The fraction of sp³-hybridized carbons (Fsp3) is 0.174. The Morgan fingerprint density at radius 2 is 1.87 bits per heavy atom.